The van der Waals surface area contributed by atoms with Gasteiger partial charge in [0, 0.05) is 17.8 Å². The molecule has 0 aliphatic heterocycles. The van der Waals surface area contributed by atoms with Crippen LogP contribution < -0.4 is 10.1 Å². The van der Waals surface area contributed by atoms with Crippen molar-refractivity contribution < 1.29 is 9.53 Å². The number of fused-ring (bicyclic) bond motifs is 1. The number of ether oxygens (including phenoxy) is 1. The van der Waals surface area contributed by atoms with E-state index in [4.69, 9.17) is 4.74 Å². The quantitative estimate of drug-likeness (QED) is 0.745. The minimum Gasteiger partial charge on any atom is -0.484 e. The van der Waals surface area contributed by atoms with Crippen molar-refractivity contribution in [2.45, 2.75) is 20.3 Å². The van der Waals surface area contributed by atoms with Crippen molar-refractivity contribution in [3.8, 4) is 5.75 Å². The number of rotatable bonds is 6. The summed E-state index contributed by atoms with van der Waals surface area (Å²) in [5.74, 6) is 0.597. The number of carbonyl (C=O) groups is 1. The number of nitrogens with one attached hydrogen (secondary N) is 1. The van der Waals surface area contributed by atoms with Gasteiger partial charge in [-0.1, -0.05) is 30.3 Å². The largest absolute Gasteiger partial charge is 0.484 e. The van der Waals surface area contributed by atoms with Gasteiger partial charge in [0.05, 0.1) is 10.7 Å². The van der Waals surface area contributed by atoms with Crippen LogP contribution in [0.4, 0.5) is 0 Å². The zero-order valence-electron chi connectivity index (χ0n) is 13.8. The third-order valence-corrected chi connectivity index (χ3v) is 4.90. The van der Waals surface area contributed by atoms with E-state index in [2.05, 4.69) is 16.4 Å². The average Bonchev–Trinajstić information content (AvgIpc) is 2.90. The van der Waals surface area contributed by atoms with Crippen molar-refractivity contribution in [3.63, 3.8) is 0 Å². The van der Waals surface area contributed by atoms with Crippen molar-refractivity contribution in [2.75, 3.05) is 13.2 Å². The van der Waals surface area contributed by atoms with Gasteiger partial charge in [-0.05, 0) is 36.8 Å². The Kier molecular flexibility index (Phi) is 5.11. The van der Waals surface area contributed by atoms with Crippen molar-refractivity contribution in [1.29, 1.82) is 0 Å². The molecule has 0 atom stereocenters. The number of nitrogens with zero attached hydrogens (tertiary/aromatic N) is 1. The first-order chi connectivity index (χ1) is 11.6. The molecule has 0 saturated carbocycles. The predicted octanol–water partition coefficient (Wildman–Crippen LogP) is 3.65. The molecule has 1 amide bonds. The highest BCUT2D eigenvalue weighted by Gasteiger charge is 2.07. The number of thiazole rings is 1. The Morgan fingerprint density at radius 2 is 1.96 bits per heavy atom. The molecule has 2 aromatic carbocycles. The first-order valence-corrected chi connectivity index (χ1v) is 8.74. The van der Waals surface area contributed by atoms with E-state index in [9.17, 15) is 4.79 Å². The fraction of sp³-hybridized carbons (Fsp3) is 0.263. The van der Waals surface area contributed by atoms with Gasteiger partial charge in [0.25, 0.3) is 5.91 Å². The molecule has 124 valence electrons. The van der Waals surface area contributed by atoms with Crippen molar-refractivity contribution in [3.05, 3.63) is 58.0 Å². The highest BCUT2D eigenvalue weighted by molar-refractivity contribution is 7.11. The summed E-state index contributed by atoms with van der Waals surface area (Å²) in [5.41, 5.74) is 1.05. The topological polar surface area (TPSA) is 51.2 Å². The van der Waals surface area contributed by atoms with Gasteiger partial charge in [-0.2, -0.15) is 0 Å². The summed E-state index contributed by atoms with van der Waals surface area (Å²) in [4.78, 5) is 17.5. The lowest BCUT2D eigenvalue weighted by atomic mass is 10.1. The second kappa shape index (κ2) is 7.45. The zero-order valence-corrected chi connectivity index (χ0v) is 14.7. The number of aryl methyl sites for hydroxylation is 2. The molecule has 24 heavy (non-hydrogen) atoms. The van der Waals surface area contributed by atoms with Crippen LogP contribution in [0.25, 0.3) is 10.8 Å². The maximum atomic E-state index is 11.9. The molecule has 3 rings (SSSR count). The molecule has 1 heterocycles. The van der Waals surface area contributed by atoms with Crippen LogP contribution in [0.15, 0.2) is 42.5 Å². The maximum Gasteiger partial charge on any atom is 0.257 e. The van der Waals surface area contributed by atoms with Crippen LogP contribution in [0.3, 0.4) is 0 Å². The summed E-state index contributed by atoms with van der Waals surface area (Å²) in [5, 5.41) is 6.21. The van der Waals surface area contributed by atoms with E-state index in [1.807, 2.05) is 50.2 Å². The first kappa shape index (κ1) is 16.5. The van der Waals surface area contributed by atoms with Gasteiger partial charge < -0.3 is 10.1 Å². The van der Waals surface area contributed by atoms with Gasteiger partial charge in [0.15, 0.2) is 6.61 Å². The molecule has 1 aromatic heterocycles. The molecular weight excluding hydrogens is 320 g/mol. The Labute approximate surface area is 145 Å². The number of carbonyl (C=O) groups excluding carboxylic acids is 1. The number of hydrogen-bond acceptors (Lipinski definition) is 4. The van der Waals surface area contributed by atoms with E-state index in [-0.39, 0.29) is 12.5 Å². The van der Waals surface area contributed by atoms with Crippen LogP contribution in [0.2, 0.25) is 0 Å². The van der Waals surface area contributed by atoms with E-state index in [1.165, 1.54) is 4.88 Å². The number of amides is 1. The Hall–Kier alpha value is -2.40. The highest BCUT2D eigenvalue weighted by Crippen LogP contribution is 2.20. The van der Waals surface area contributed by atoms with Gasteiger partial charge in [-0.15, -0.1) is 11.3 Å². The Morgan fingerprint density at radius 3 is 2.71 bits per heavy atom. The summed E-state index contributed by atoms with van der Waals surface area (Å²) in [7, 11) is 0. The summed E-state index contributed by atoms with van der Waals surface area (Å²) in [6.45, 7) is 4.63. The molecule has 0 bridgehead atoms. The second-order valence-corrected chi connectivity index (χ2v) is 6.93. The van der Waals surface area contributed by atoms with Gasteiger partial charge in [0.1, 0.15) is 5.75 Å². The standard InChI is InChI=1S/C19H20N2O2S/c1-13-18(24-14(2)21-13)9-10-20-19(22)12-23-17-8-7-15-5-3-4-6-16(15)11-17/h3-8,11H,9-10,12H2,1-2H3,(H,20,22). The molecular formula is C19H20N2O2S. The maximum absolute atomic E-state index is 11.9. The smallest absolute Gasteiger partial charge is 0.257 e. The normalized spacial score (nSPS) is 10.8. The van der Waals surface area contributed by atoms with E-state index in [1.54, 1.807) is 11.3 Å². The average molecular weight is 340 g/mol. The molecule has 3 aromatic rings. The summed E-state index contributed by atoms with van der Waals surface area (Å²) in [6.07, 6.45) is 0.805. The Morgan fingerprint density at radius 1 is 1.17 bits per heavy atom. The third-order valence-electron chi connectivity index (χ3n) is 3.76. The van der Waals surface area contributed by atoms with Gasteiger partial charge in [-0.3, -0.25) is 4.79 Å². The van der Waals surface area contributed by atoms with Crippen molar-refractivity contribution >= 4 is 28.0 Å². The Bertz CT molecular complexity index is 857. The minimum absolute atomic E-state index is 0.0268. The molecule has 4 nitrogen and oxygen atoms in total. The van der Waals surface area contributed by atoms with Crippen LogP contribution in [-0.2, 0) is 11.2 Å². The lowest BCUT2D eigenvalue weighted by Gasteiger charge is -2.08. The van der Waals surface area contributed by atoms with Gasteiger partial charge >= 0.3 is 0 Å². The Balaban J connectivity index is 1.47. The molecule has 0 fully saturated rings. The van der Waals surface area contributed by atoms with E-state index in [0.29, 0.717) is 12.3 Å². The van der Waals surface area contributed by atoms with Gasteiger partial charge in [0.2, 0.25) is 0 Å². The molecule has 5 heteroatoms. The minimum atomic E-state index is -0.109. The lowest BCUT2D eigenvalue weighted by Crippen LogP contribution is -2.30. The van der Waals surface area contributed by atoms with Crippen LogP contribution in [0, 0.1) is 13.8 Å². The molecule has 0 aliphatic rings. The number of hydrogen-bond donors (Lipinski definition) is 1. The predicted molar refractivity (Wildman–Crippen MR) is 97.7 cm³/mol. The SMILES string of the molecule is Cc1nc(C)c(CCNC(=O)COc2ccc3ccccc3c2)s1. The monoisotopic (exact) mass is 340 g/mol. The number of benzene rings is 2. The van der Waals surface area contributed by atoms with Gasteiger partial charge in [-0.25, -0.2) is 4.98 Å². The van der Waals surface area contributed by atoms with Crippen molar-refractivity contribution in [1.82, 2.24) is 10.3 Å². The van der Waals surface area contributed by atoms with E-state index in [0.717, 1.165) is 27.9 Å². The fourth-order valence-electron chi connectivity index (χ4n) is 2.58. The van der Waals surface area contributed by atoms with Crippen molar-refractivity contribution in [2.24, 2.45) is 0 Å². The van der Waals surface area contributed by atoms with Crippen LogP contribution >= 0.6 is 11.3 Å². The van der Waals surface area contributed by atoms with Crippen LogP contribution in [-0.4, -0.2) is 24.0 Å². The highest BCUT2D eigenvalue weighted by atomic mass is 32.1. The summed E-state index contributed by atoms with van der Waals surface area (Å²) >= 11 is 1.68. The second-order valence-electron chi connectivity index (χ2n) is 5.64. The molecule has 0 spiro atoms. The summed E-state index contributed by atoms with van der Waals surface area (Å²) < 4.78 is 5.58. The molecule has 0 aliphatic carbocycles. The van der Waals surface area contributed by atoms with E-state index < -0.39 is 0 Å². The lowest BCUT2D eigenvalue weighted by molar-refractivity contribution is -0.123. The number of aromatic nitrogens is 1. The molecule has 1 N–H and O–H groups in total. The first-order valence-electron chi connectivity index (χ1n) is 7.93. The van der Waals surface area contributed by atoms with E-state index >= 15 is 0 Å². The molecule has 0 saturated heterocycles. The fourth-order valence-corrected chi connectivity index (χ4v) is 3.51. The van der Waals surface area contributed by atoms with Crippen LogP contribution in [0.5, 0.6) is 5.75 Å². The molecule has 0 radical (unpaired) electrons. The van der Waals surface area contributed by atoms with Crippen LogP contribution in [0.1, 0.15) is 15.6 Å². The third kappa shape index (κ3) is 4.11. The summed E-state index contributed by atoms with van der Waals surface area (Å²) in [6, 6.07) is 13.9. The molecule has 0 unspecified atom stereocenters. The zero-order chi connectivity index (χ0) is 16.9.